The molecule has 1 amide bonds. The maximum absolute atomic E-state index is 12.5. The molecular formula is C15H20Cl2N4O. The summed E-state index contributed by atoms with van der Waals surface area (Å²) in [6.07, 6.45) is 0. The zero-order chi connectivity index (χ0) is 15.5. The van der Waals surface area contributed by atoms with Crippen molar-refractivity contribution in [2.75, 3.05) is 50.7 Å². The van der Waals surface area contributed by atoms with E-state index < -0.39 is 0 Å². The van der Waals surface area contributed by atoms with Gasteiger partial charge >= 0.3 is 0 Å². The van der Waals surface area contributed by atoms with Crippen LogP contribution in [0.1, 0.15) is 0 Å². The Morgan fingerprint density at radius 1 is 1.09 bits per heavy atom. The summed E-state index contributed by atoms with van der Waals surface area (Å²) >= 11 is 12.0. The van der Waals surface area contributed by atoms with Gasteiger partial charge in [-0.1, -0.05) is 23.2 Å². The highest BCUT2D eigenvalue weighted by Gasteiger charge is 2.28. The van der Waals surface area contributed by atoms with E-state index in [1.807, 2.05) is 23.1 Å². The first-order valence-corrected chi connectivity index (χ1v) is 8.33. The molecular weight excluding hydrogens is 323 g/mol. The fourth-order valence-electron chi connectivity index (χ4n) is 2.92. The van der Waals surface area contributed by atoms with E-state index in [4.69, 9.17) is 23.2 Å². The Morgan fingerprint density at radius 3 is 2.50 bits per heavy atom. The van der Waals surface area contributed by atoms with Crippen LogP contribution in [0.2, 0.25) is 10.0 Å². The summed E-state index contributed by atoms with van der Waals surface area (Å²) in [7, 11) is 0. The molecule has 7 heteroatoms. The smallest absolute Gasteiger partial charge is 0.241 e. The molecule has 2 fully saturated rings. The predicted octanol–water partition coefficient (Wildman–Crippen LogP) is 1.20. The van der Waals surface area contributed by atoms with E-state index in [-0.39, 0.29) is 11.9 Å². The van der Waals surface area contributed by atoms with Crippen molar-refractivity contribution in [1.29, 1.82) is 0 Å². The number of carbonyl (C=O) groups is 1. The van der Waals surface area contributed by atoms with E-state index in [0.29, 0.717) is 16.6 Å². The monoisotopic (exact) mass is 342 g/mol. The second kappa shape index (κ2) is 7.04. The molecule has 2 N–H and O–H groups in total. The molecule has 0 unspecified atom stereocenters. The van der Waals surface area contributed by atoms with E-state index in [1.54, 1.807) is 0 Å². The van der Waals surface area contributed by atoms with E-state index in [9.17, 15) is 4.79 Å². The molecule has 2 aliphatic heterocycles. The van der Waals surface area contributed by atoms with Crippen LogP contribution in [0.3, 0.4) is 0 Å². The molecule has 0 bridgehead atoms. The Bertz CT molecular complexity index is 540. The minimum Gasteiger partial charge on any atom is -0.368 e. The van der Waals surface area contributed by atoms with Crippen molar-refractivity contribution in [1.82, 2.24) is 15.5 Å². The van der Waals surface area contributed by atoms with Gasteiger partial charge in [0.25, 0.3) is 0 Å². The summed E-state index contributed by atoms with van der Waals surface area (Å²) in [6.45, 7) is 5.57. The van der Waals surface area contributed by atoms with Crippen LogP contribution >= 0.6 is 23.2 Å². The van der Waals surface area contributed by atoms with Crippen molar-refractivity contribution in [3.8, 4) is 0 Å². The lowest BCUT2D eigenvalue weighted by atomic mass is 10.1. The van der Waals surface area contributed by atoms with Gasteiger partial charge in [0.1, 0.15) is 0 Å². The van der Waals surface area contributed by atoms with Crippen molar-refractivity contribution in [3.63, 3.8) is 0 Å². The van der Waals surface area contributed by atoms with Gasteiger partial charge in [-0.15, -0.1) is 0 Å². The van der Waals surface area contributed by atoms with Gasteiger partial charge in [0.05, 0.1) is 16.1 Å². The number of anilines is 1. The second-order valence-electron chi connectivity index (χ2n) is 5.62. The Labute approximate surface area is 140 Å². The number of piperazine rings is 2. The van der Waals surface area contributed by atoms with Gasteiger partial charge in [0.2, 0.25) is 5.91 Å². The fraction of sp³-hybridized carbons (Fsp3) is 0.533. The number of hydrogen-bond acceptors (Lipinski definition) is 4. The average molecular weight is 343 g/mol. The van der Waals surface area contributed by atoms with Crippen LogP contribution in [0.5, 0.6) is 0 Å². The minimum absolute atomic E-state index is 0.0923. The lowest BCUT2D eigenvalue weighted by molar-refractivity contribution is -0.133. The molecule has 1 atom stereocenters. The zero-order valence-corrected chi connectivity index (χ0v) is 13.8. The van der Waals surface area contributed by atoms with E-state index in [0.717, 1.165) is 45.0 Å². The van der Waals surface area contributed by atoms with Gasteiger partial charge in [0.15, 0.2) is 0 Å². The van der Waals surface area contributed by atoms with E-state index in [2.05, 4.69) is 15.5 Å². The molecule has 1 aromatic carbocycles. The standard InChI is InChI=1S/C15H20Cl2N4O/c16-12-2-1-11(9-13(12)17)20-5-7-21(8-6-20)15(22)14-10-18-3-4-19-14/h1-2,9,14,18-19H,3-8,10H2/t14-/m1/s1. The molecule has 0 spiro atoms. The average Bonchev–Trinajstić information content (AvgIpc) is 2.58. The van der Waals surface area contributed by atoms with E-state index in [1.165, 1.54) is 0 Å². The van der Waals surface area contributed by atoms with E-state index >= 15 is 0 Å². The van der Waals surface area contributed by atoms with Crippen LogP contribution in [0.15, 0.2) is 18.2 Å². The molecule has 1 aromatic rings. The molecule has 0 aliphatic carbocycles. The molecule has 120 valence electrons. The lowest BCUT2D eigenvalue weighted by Crippen LogP contribution is -2.59. The Morgan fingerprint density at radius 2 is 1.86 bits per heavy atom. The summed E-state index contributed by atoms with van der Waals surface area (Å²) in [4.78, 5) is 16.6. The first-order chi connectivity index (χ1) is 10.6. The minimum atomic E-state index is -0.0923. The Balaban J connectivity index is 1.57. The van der Waals surface area contributed by atoms with Crippen LogP contribution in [-0.2, 0) is 4.79 Å². The van der Waals surface area contributed by atoms with Gasteiger partial charge in [-0.3, -0.25) is 4.79 Å². The first kappa shape index (κ1) is 15.9. The van der Waals surface area contributed by atoms with Crippen molar-refractivity contribution in [3.05, 3.63) is 28.2 Å². The van der Waals surface area contributed by atoms with Crippen LogP contribution in [0, 0.1) is 0 Å². The number of rotatable bonds is 2. The van der Waals surface area contributed by atoms with Crippen LogP contribution in [0.25, 0.3) is 0 Å². The Hall–Kier alpha value is -1.01. The molecule has 0 radical (unpaired) electrons. The largest absolute Gasteiger partial charge is 0.368 e. The van der Waals surface area contributed by atoms with Crippen molar-refractivity contribution in [2.45, 2.75) is 6.04 Å². The number of carbonyl (C=O) groups excluding carboxylic acids is 1. The fourth-order valence-corrected chi connectivity index (χ4v) is 3.21. The van der Waals surface area contributed by atoms with Gasteiger partial charge in [0, 0.05) is 51.5 Å². The predicted molar refractivity (Wildman–Crippen MR) is 89.9 cm³/mol. The topological polar surface area (TPSA) is 47.6 Å². The number of hydrogen-bond donors (Lipinski definition) is 2. The third kappa shape index (κ3) is 3.49. The summed E-state index contributed by atoms with van der Waals surface area (Å²) in [5.74, 6) is 0.195. The zero-order valence-electron chi connectivity index (χ0n) is 12.3. The lowest BCUT2D eigenvalue weighted by Gasteiger charge is -2.38. The maximum Gasteiger partial charge on any atom is 0.241 e. The van der Waals surface area contributed by atoms with Gasteiger partial charge in [-0.2, -0.15) is 0 Å². The third-order valence-corrected chi connectivity index (χ3v) is 4.94. The molecule has 3 rings (SSSR count). The third-order valence-electron chi connectivity index (χ3n) is 4.20. The quantitative estimate of drug-likeness (QED) is 0.847. The highest BCUT2D eigenvalue weighted by molar-refractivity contribution is 6.42. The maximum atomic E-state index is 12.5. The first-order valence-electron chi connectivity index (χ1n) is 7.58. The molecule has 2 heterocycles. The van der Waals surface area contributed by atoms with Gasteiger partial charge < -0.3 is 20.4 Å². The van der Waals surface area contributed by atoms with Crippen LogP contribution < -0.4 is 15.5 Å². The summed E-state index contributed by atoms with van der Waals surface area (Å²) in [6, 6.07) is 5.57. The number of halogens is 2. The summed E-state index contributed by atoms with van der Waals surface area (Å²) in [5.41, 5.74) is 1.05. The highest BCUT2D eigenvalue weighted by atomic mass is 35.5. The normalized spacial score (nSPS) is 22.7. The number of nitrogens with one attached hydrogen (secondary N) is 2. The van der Waals surface area contributed by atoms with Crippen molar-refractivity contribution >= 4 is 34.8 Å². The number of amides is 1. The Kier molecular flexibility index (Phi) is 5.08. The molecule has 0 aromatic heterocycles. The van der Waals surface area contributed by atoms with Crippen molar-refractivity contribution < 1.29 is 4.79 Å². The number of benzene rings is 1. The molecule has 0 saturated carbocycles. The van der Waals surface area contributed by atoms with Gasteiger partial charge in [-0.05, 0) is 18.2 Å². The number of nitrogens with zero attached hydrogens (tertiary/aromatic N) is 2. The molecule has 2 saturated heterocycles. The van der Waals surface area contributed by atoms with Crippen LogP contribution in [-0.4, -0.2) is 62.7 Å². The van der Waals surface area contributed by atoms with Crippen molar-refractivity contribution in [2.24, 2.45) is 0 Å². The van der Waals surface area contributed by atoms with Crippen LogP contribution in [0.4, 0.5) is 5.69 Å². The summed E-state index contributed by atoms with van der Waals surface area (Å²) in [5, 5.41) is 7.66. The molecule has 5 nitrogen and oxygen atoms in total. The second-order valence-corrected chi connectivity index (χ2v) is 6.44. The SMILES string of the molecule is O=C([C@H]1CNCCN1)N1CCN(c2ccc(Cl)c(Cl)c2)CC1. The highest BCUT2D eigenvalue weighted by Crippen LogP contribution is 2.27. The molecule has 2 aliphatic rings. The summed E-state index contributed by atoms with van der Waals surface area (Å²) < 4.78 is 0. The van der Waals surface area contributed by atoms with Gasteiger partial charge in [-0.25, -0.2) is 0 Å². The molecule has 22 heavy (non-hydrogen) atoms.